The van der Waals surface area contributed by atoms with Gasteiger partial charge in [0.25, 0.3) is 5.91 Å². The van der Waals surface area contributed by atoms with Crippen LogP contribution in [0.4, 0.5) is 4.39 Å². The van der Waals surface area contributed by atoms with Crippen molar-refractivity contribution in [3.63, 3.8) is 0 Å². The van der Waals surface area contributed by atoms with Crippen molar-refractivity contribution < 1.29 is 9.18 Å². The number of aliphatic imine (C=N–C) groups is 1. The smallest absolute Gasteiger partial charge is 0.251 e. The molecular formula is C24H30FN5O. The van der Waals surface area contributed by atoms with E-state index in [-0.39, 0.29) is 17.3 Å². The fourth-order valence-electron chi connectivity index (χ4n) is 3.32. The van der Waals surface area contributed by atoms with Crippen LogP contribution >= 0.6 is 0 Å². The number of rotatable bonds is 6. The van der Waals surface area contributed by atoms with Gasteiger partial charge in [0.05, 0.1) is 0 Å². The van der Waals surface area contributed by atoms with Crippen LogP contribution in [0.5, 0.6) is 0 Å². The van der Waals surface area contributed by atoms with Crippen LogP contribution in [-0.2, 0) is 13.0 Å². The molecule has 0 atom stereocenters. The van der Waals surface area contributed by atoms with Crippen LogP contribution in [0, 0.1) is 5.82 Å². The zero-order valence-corrected chi connectivity index (χ0v) is 18.5. The van der Waals surface area contributed by atoms with Crippen molar-refractivity contribution in [2.75, 3.05) is 13.6 Å². The normalized spacial score (nSPS) is 12.1. The molecule has 0 saturated carbocycles. The third-order valence-corrected chi connectivity index (χ3v) is 4.78. The molecule has 0 unspecified atom stereocenters. The molecule has 1 heterocycles. The molecule has 6 nitrogen and oxygen atoms in total. The lowest BCUT2D eigenvalue weighted by Gasteiger charge is -2.20. The number of aromatic nitrogens is 1. The molecule has 3 rings (SSSR count). The Morgan fingerprint density at radius 2 is 1.94 bits per heavy atom. The second-order valence-electron chi connectivity index (χ2n) is 8.51. The summed E-state index contributed by atoms with van der Waals surface area (Å²) in [7, 11) is 1.72. The van der Waals surface area contributed by atoms with Gasteiger partial charge in [0.2, 0.25) is 0 Å². The molecule has 0 spiro atoms. The van der Waals surface area contributed by atoms with Crippen molar-refractivity contribution in [1.82, 2.24) is 20.9 Å². The van der Waals surface area contributed by atoms with Gasteiger partial charge in [-0.2, -0.15) is 0 Å². The Kier molecular flexibility index (Phi) is 6.95. The monoisotopic (exact) mass is 423 g/mol. The van der Waals surface area contributed by atoms with Crippen molar-refractivity contribution in [2.45, 2.75) is 39.3 Å². The first kappa shape index (κ1) is 22.3. The van der Waals surface area contributed by atoms with Crippen LogP contribution in [0.3, 0.4) is 0 Å². The molecular weight excluding hydrogens is 393 g/mol. The van der Waals surface area contributed by atoms with Crippen LogP contribution in [0.1, 0.15) is 42.3 Å². The van der Waals surface area contributed by atoms with E-state index in [1.165, 1.54) is 12.1 Å². The van der Waals surface area contributed by atoms with Crippen molar-refractivity contribution in [1.29, 1.82) is 0 Å². The summed E-state index contributed by atoms with van der Waals surface area (Å²) in [5.41, 5.74) is 3.26. The lowest BCUT2D eigenvalue weighted by molar-refractivity contribution is 0.0919. The fourth-order valence-corrected chi connectivity index (χ4v) is 3.32. The first-order valence-electron chi connectivity index (χ1n) is 10.4. The minimum atomic E-state index is -0.281. The number of fused-ring (bicyclic) bond motifs is 1. The van der Waals surface area contributed by atoms with Crippen LogP contribution in [-0.4, -0.2) is 36.0 Å². The lowest BCUT2D eigenvalue weighted by Crippen LogP contribution is -2.40. The summed E-state index contributed by atoms with van der Waals surface area (Å²) in [4.78, 5) is 19.8. The molecule has 7 heteroatoms. The molecule has 0 bridgehead atoms. The summed E-state index contributed by atoms with van der Waals surface area (Å²) < 4.78 is 13.3. The van der Waals surface area contributed by atoms with E-state index in [2.05, 4.69) is 25.9 Å². The van der Waals surface area contributed by atoms with Gasteiger partial charge in [-0.25, -0.2) is 4.39 Å². The quantitative estimate of drug-likeness (QED) is 0.360. The summed E-state index contributed by atoms with van der Waals surface area (Å²) in [5, 5.41) is 10.6. The number of nitrogens with one attached hydrogen (secondary N) is 4. The van der Waals surface area contributed by atoms with E-state index in [1.807, 2.05) is 51.2 Å². The Balaban J connectivity index is 1.52. The largest absolute Gasteiger partial charge is 0.361 e. The van der Waals surface area contributed by atoms with E-state index in [4.69, 9.17) is 0 Å². The van der Waals surface area contributed by atoms with Gasteiger partial charge in [0.15, 0.2) is 5.96 Å². The van der Waals surface area contributed by atoms with Gasteiger partial charge in [0.1, 0.15) is 5.82 Å². The van der Waals surface area contributed by atoms with Gasteiger partial charge in [-0.3, -0.25) is 9.79 Å². The highest BCUT2D eigenvalue weighted by Crippen LogP contribution is 2.19. The van der Waals surface area contributed by atoms with Crippen LogP contribution in [0.2, 0.25) is 0 Å². The Labute approximate surface area is 182 Å². The van der Waals surface area contributed by atoms with Gasteiger partial charge in [-0.1, -0.05) is 12.1 Å². The maximum atomic E-state index is 13.3. The molecule has 164 valence electrons. The number of carbonyl (C=O) groups excluding carboxylic acids is 1. The molecule has 0 fully saturated rings. The average molecular weight is 424 g/mol. The molecule has 0 aliphatic heterocycles. The molecule has 0 radical (unpaired) electrons. The number of hydrogen-bond donors (Lipinski definition) is 4. The van der Waals surface area contributed by atoms with Crippen molar-refractivity contribution >= 4 is 22.8 Å². The predicted molar refractivity (Wildman–Crippen MR) is 124 cm³/mol. The number of nitrogens with zero attached hydrogens (tertiary/aromatic N) is 1. The van der Waals surface area contributed by atoms with Gasteiger partial charge in [0, 0.05) is 48.3 Å². The number of carbonyl (C=O) groups is 1. The number of benzene rings is 2. The number of H-pyrrole nitrogens is 1. The summed E-state index contributed by atoms with van der Waals surface area (Å²) in [6, 6.07) is 12.3. The van der Waals surface area contributed by atoms with Gasteiger partial charge in [-0.15, -0.1) is 0 Å². The Morgan fingerprint density at radius 1 is 1.13 bits per heavy atom. The lowest BCUT2D eigenvalue weighted by atomic mass is 10.1. The van der Waals surface area contributed by atoms with E-state index in [0.29, 0.717) is 24.6 Å². The van der Waals surface area contributed by atoms with Crippen LogP contribution < -0.4 is 16.0 Å². The van der Waals surface area contributed by atoms with E-state index in [9.17, 15) is 9.18 Å². The minimum Gasteiger partial charge on any atom is -0.361 e. The zero-order chi connectivity index (χ0) is 22.4. The van der Waals surface area contributed by atoms with E-state index in [1.54, 1.807) is 13.1 Å². The Morgan fingerprint density at radius 3 is 2.68 bits per heavy atom. The zero-order valence-electron chi connectivity index (χ0n) is 18.5. The first-order valence-corrected chi connectivity index (χ1v) is 10.4. The number of guanidine groups is 1. The maximum Gasteiger partial charge on any atom is 0.251 e. The highest BCUT2D eigenvalue weighted by atomic mass is 19.1. The predicted octanol–water partition coefficient (Wildman–Crippen LogP) is 3.74. The van der Waals surface area contributed by atoms with Crippen molar-refractivity contribution in [3.8, 4) is 0 Å². The molecule has 2 aromatic carbocycles. The molecule has 4 N–H and O–H groups in total. The second kappa shape index (κ2) is 9.64. The van der Waals surface area contributed by atoms with Gasteiger partial charge < -0.3 is 20.9 Å². The van der Waals surface area contributed by atoms with Gasteiger partial charge >= 0.3 is 0 Å². The summed E-state index contributed by atoms with van der Waals surface area (Å²) in [6.45, 7) is 7.10. The van der Waals surface area contributed by atoms with Crippen LogP contribution in [0.15, 0.2) is 53.7 Å². The molecule has 31 heavy (non-hydrogen) atoms. The van der Waals surface area contributed by atoms with E-state index >= 15 is 0 Å². The number of halogens is 1. The molecule has 0 aliphatic rings. The maximum absolute atomic E-state index is 13.3. The SMILES string of the molecule is CN=C(NCCc1c[nH]c2cc(F)ccc12)NCc1cccc(C(=O)NC(C)(C)C)c1. The molecule has 3 aromatic rings. The topological polar surface area (TPSA) is 81.3 Å². The highest BCUT2D eigenvalue weighted by molar-refractivity contribution is 5.94. The number of hydrogen-bond acceptors (Lipinski definition) is 2. The van der Waals surface area contributed by atoms with Crippen LogP contribution in [0.25, 0.3) is 10.9 Å². The summed E-state index contributed by atoms with van der Waals surface area (Å²) >= 11 is 0. The van der Waals surface area contributed by atoms with E-state index < -0.39 is 0 Å². The third kappa shape index (κ3) is 6.31. The average Bonchev–Trinajstić information content (AvgIpc) is 3.11. The molecule has 1 aromatic heterocycles. The second-order valence-corrected chi connectivity index (χ2v) is 8.51. The number of aromatic amines is 1. The molecule has 0 aliphatic carbocycles. The summed E-state index contributed by atoms with van der Waals surface area (Å²) in [5.74, 6) is 0.342. The minimum absolute atomic E-state index is 0.0875. The molecule has 1 amide bonds. The van der Waals surface area contributed by atoms with E-state index in [0.717, 1.165) is 28.5 Å². The number of amides is 1. The Hall–Kier alpha value is -3.35. The first-order chi connectivity index (χ1) is 14.7. The third-order valence-electron chi connectivity index (χ3n) is 4.78. The van der Waals surface area contributed by atoms with Crippen molar-refractivity contribution in [3.05, 3.63) is 71.2 Å². The Bertz CT molecular complexity index is 1080. The molecule has 0 saturated heterocycles. The standard InChI is InChI=1S/C24H30FN5O/c1-24(2,3)30-22(31)17-7-5-6-16(12-17)14-29-23(26-4)27-11-10-18-15-28-21-13-19(25)8-9-20(18)21/h5-9,12-13,15,28H,10-11,14H2,1-4H3,(H,30,31)(H2,26,27,29). The van der Waals surface area contributed by atoms with Gasteiger partial charge in [-0.05, 0) is 68.7 Å². The highest BCUT2D eigenvalue weighted by Gasteiger charge is 2.15. The summed E-state index contributed by atoms with van der Waals surface area (Å²) in [6.07, 6.45) is 2.69. The van der Waals surface area contributed by atoms with Crippen molar-refractivity contribution in [2.24, 2.45) is 4.99 Å². The fraction of sp³-hybridized carbons (Fsp3) is 0.333.